The molecule has 0 aromatic carbocycles. The SMILES string of the molecule is COC(=O)C1CN(C(=O)c2cnn3ccncc23)CC1C. The third kappa shape index (κ3) is 2.24. The number of amides is 1. The first-order valence-corrected chi connectivity index (χ1v) is 6.76. The van der Waals surface area contributed by atoms with Crippen LogP contribution in [0, 0.1) is 11.8 Å². The Hall–Kier alpha value is -2.44. The second-order valence-corrected chi connectivity index (χ2v) is 5.28. The summed E-state index contributed by atoms with van der Waals surface area (Å²) in [4.78, 5) is 30.0. The number of methoxy groups -OCH3 is 1. The van der Waals surface area contributed by atoms with Gasteiger partial charge in [0.2, 0.25) is 0 Å². The molecule has 1 fully saturated rings. The van der Waals surface area contributed by atoms with Crippen molar-refractivity contribution < 1.29 is 14.3 Å². The number of aromatic nitrogens is 3. The van der Waals surface area contributed by atoms with E-state index >= 15 is 0 Å². The van der Waals surface area contributed by atoms with E-state index in [0.29, 0.717) is 24.2 Å². The van der Waals surface area contributed by atoms with Crippen LogP contribution < -0.4 is 0 Å². The lowest BCUT2D eigenvalue weighted by atomic mass is 9.99. The van der Waals surface area contributed by atoms with E-state index in [2.05, 4.69) is 10.1 Å². The summed E-state index contributed by atoms with van der Waals surface area (Å²) in [6.45, 7) is 2.87. The lowest BCUT2D eigenvalue weighted by Crippen LogP contribution is -2.30. The van der Waals surface area contributed by atoms with Gasteiger partial charge in [0.15, 0.2) is 0 Å². The van der Waals surface area contributed by atoms with Gasteiger partial charge in [-0.3, -0.25) is 14.6 Å². The van der Waals surface area contributed by atoms with Crippen molar-refractivity contribution in [2.24, 2.45) is 11.8 Å². The molecule has 1 aliphatic heterocycles. The van der Waals surface area contributed by atoms with E-state index in [9.17, 15) is 9.59 Å². The minimum Gasteiger partial charge on any atom is -0.469 e. The monoisotopic (exact) mass is 288 g/mol. The van der Waals surface area contributed by atoms with Gasteiger partial charge >= 0.3 is 5.97 Å². The van der Waals surface area contributed by atoms with Gasteiger partial charge in [-0.05, 0) is 5.92 Å². The van der Waals surface area contributed by atoms with Crippen LogP contribution in [0.15, 0.2) is 24.8 Å². The molecule has 7 heteroatoms. The molecule has 0 aliphatic carbocycles. The van der Waals surface area contributed by atoms with Crippen LogP contribution in [0.5, 0.6) is 0 Å². The highest BCUT2D eigenvalue weighted by Gasteiger charge is 2.38. The second kappa shape index (κ2) is 5.16. The zero-order chi connectivity index (χ0) is 15.0. The van der Waals surface area contributed by atoms with Gasteiger partial charge in [-0.15, -0.1) is 0 Å². The summed E-state index contributed by atoms with van der Waals surface area (Å²) in [5, 5.41) is 4.14. The minimum absolute atomic E-state index is 0.0846. The molecule has 0 N–H and O–H groups in total. The molecular weight excluding hydrogens is 272 g/mol. The van der Waals surface area contributed by atoms with Crippen molar-refractivity contribution in [2.45, 2.75) is 6.92 Å². The molecular formula is C14H16N4O3. The van der Waals surface area contributed by atoms with Crippen molar-refractivity contribution in [1.82, 2.24) is 19.5 Å². The van der Waals surface area contributed by atoms with Gasteiger partial charge in [0.05, 0.1) is 36.5 Å². The predicted molar refractivity (Wildman–Crippen MR) is 73.6 cm³/mol. The van der Waals surface area contributed by atoms with E-state index in [0.717, 1.165) is 0 Å². The van der Waals surface area contributed by atoms with Gasteiger partial charge in [-0.2, -0.15) is 5.10 Å². The fraction of sp³-hybridized carbons (Fsp3) is 0.429. The van der Waals surface area contributed by atoms with Crippen LogP contribution in [-0.4, -0.2) is 51.6 Å². The van der Waals surface area contributed by atoms with Crippen molar-refractivity contribution >= 4 is 17.4 Å². The topological polar surface area (TPSA) is 76.8 Å². The van der Waals surface area contributed by atoms with Gasteiger partial charge in [0.25, 0.3) is 5.91 Å². The molecule has 2 aromatic rings. The van der Waals surface area contributed by atoms with Crippen molar-refractivity contribution in [3.8, 4) is 0 Å². The Balaban J connectivity index is 1.85. The highest BCUT2D eigenvalue weighted by Crippen LogP contribution is 2.26. The molecule has 3 heterocycles. The number of esters is 1. The Morgan fingerprint density at radius 1 is 1.33 bits per heavy atom. The lowest BCUT2D eigenvalue weighted by Gasteiger charge is -2.15. The van der Waals surface area contributed by atoms with E-state index < -0.39 is 0 Å². The molecule has 0 saturated carbocycles. The van der Waals surface area contributed by atoms with Crippen LogP contribution in [0.2, 0.25) is 0 Å². The fourth-order valence-electron chi connectivity index (χ4n) is 2.76. The molecule has 1 aliphatic rings. The standard InChI is InChI=1S/C14H16N4O3/c1-9-7-17(8-11(9)14(20)21-2)13(19)10-5-16-18-4-3-15-6-12(10)18/h3-6,9,11H,7-8H2,1-2H3. The summed E-state index contributed by atoms with van der Waals surface area (Å²) in [6, 6.07) is 0. The molecule has 0 bridgehead atoms. The third-order valence-corrected chi connectivity index (χ3v) is 3.96. The number of carbonyl (C=O) groups is 2. The Labute approximate surface area is 121 Å². The predicted octanol–water partition coefficient (Wildman–Crippen LogP) is 0.610. The Morgan fingerprint density at radius 2 is 2.14 bits per heavy atom. The summed E-state index contributed by atoms with van der Waals surface area (Å²) in [5.74, 6) is -0.573. The highest BCUT2D eigenvalue weighted by atomic mass is 16.5. The molecule has 2 unspecified atom stereocenters. The van der Waals surface area contributed by atoms with E-state index in [1.807, 2.05) is 6.92 Å². The van der Waals surface area contributed by atoms with Gasteiger partial charge in [-0.1, -0.05) is 6.92 Å². The smallest absolute Gasteiger partial charge is 0.310 e. The van der Waals surface area contributed by atoms with Crippen LogP contribution in [0.4, 0.5) is 0 Å². The van der Waals surface area contributed by atoms with Gasteiger partial charge in [-0.25, -0.2) is 4.52 Å². The first-order chi connectivity index (χ1) is 10.1. The van der Waals surface area contributed by atoms with Crippen LogP contribution >= 0.6 is 0 Å². The highest BCUT2D eigenvalue weighted by molar-refractivity contribution is 6.00. The van der Waals surface area contributed by atoms with E-state index in [-0.39, 0.29) is 23.7 Å². The van der Waals surface area contributed by atoms with E-state index in [1.165, 1.54) is 13.3 Å². The number of likely N-dealkylation sites (tertiary alicyclic amines) is 1. The van der Waals surface area contributed by atoms with E-state index in [4.69, 9.17) is 4.74 Å². The van der Waals surface area contributed by atoms with Crippen LogP contribution in [0.25, 0.3) is 5.52 Å². The van der Waals surface area contributed by atoms with E-state index in [1.54, 1.807) is 28.0 Å². The number of carbonyl (C=O) groups excluding carboxylic acids is 2. The molecule has 7 nitrogen and oxygen atoms in total. The zero-order valence-electron chi connectivity index (χ0n) is 11.9. The van der Waals surface area contributed by atoms with Crippen molar-refractivity contribution in [2.75, 3.05) is 20.2 Å². The summed E-state index contributed by atoms with van der Waals surface area (Å²) in [7, 11) is 1.37. The quantitative estimate of drug-likeness (QED) is 0.757. The van der Waals surface area contributed by atoms with Crippen molar-refractivity contribution in [3.05, 3.63) is 30.4 Å². The maximum atomic E-state index is 12.6. The molecule has 21 heavy (non-hydrogen) atoms. The van der Waals surface area contributed by atoms with Crippen molar-refractivity contribution in [1.29, 1.82) is 0 Å². The largest absolute Gasteiger partial charge is 0.469 e. The summed E-state index contributed by atoms with van der Waals surface area (Å²) in [6.07, 6.45) is 6.45. The van der Waals surface area contributed by atoms with Gasteiger partial charge < -0.3 is 9.64 Å². The number of ether oxygens (including phenoxy) is 1. The zero-order valence-corrected chi connectivity index (χ0v) is 11.9. The minimum atomic E-state index is -0.265. The molecule has 1 saturated heterocycles. The maximum Gasteiger partial charge on any atom is 0.310 e. The van der Waals surface area contributed by atoms with Crippen molar-refractivity contribution in [3.63, 3.8) is 0 Å². The first-order valence-electron chi connectivity index (χ1n) is 6.76. The average Bonchev–Trinajstić information content (AvgIpc) is 3.09. The first kappa shape index (κ1) is 13.5. The lowest BCUT2D eigenvalue weighted by molar-refractivity contribution is -0.146. The Bertz CT molecular complexity index is 696. The Morgan fingerprint density at radius 3 is 2.90 bits per heavy atom. The molecule has 110 valence electrons. The summed E-state index contributed by atoms with van der Waals surface area (Å²) in [5.41, 5.74) is 1.16. The molecule has 1 amide bonds. The summed E-state index contributed by atoms with van der Waals surface area (Å²) < 4.78 is 6.40. The molecule has 2 aromatic heterocycles. The number of rotatable bonds is 2. The average molecular weight is 288 g/mol. The van der Waals surface area contributed by atoms with Crippen LogP contribution in [0.3, 0.4) is 0 Å². The van der Waals surface area contributed by atoms with Gasteiger partial charge in [0.1, 0.15) is 0 Å². The summed E-state index contributed by atoms with van der Waals surface area (Å²) >= 11 is 0. The van der Waals surface area contributed by atoms with Crippen LogP contribution in [0.1, 0.15) is 17.3 Å². The van der Waals surface area contributed by atoms with Gasteiger partial charge in [0, 0.05) is 25.5 Å². The third-order valence-electron chi connectivity index (χ3n) is 3.96. The Kier molecular flexibility index (Phi) is 3.32. The molecule has 2 atom stereocenters. The molecule has 3 rings (SSSR count). The molecule has 0 radical (unpaired) electrons. The second-order valence-electron chi connectivity index (χ2n) is 5.28. The number of hydrogen-bond donors (Lipinski definition) is 0. The maximum absolute atomic E-state index is 12.6. The number of nitrogens with zero attached hydrogens (tertiary/aromatic N) is 4. The fourth-order valence-corrected chi connectivity index (χ4v) is 2.76. The normalized spacial score (nSPS) is 21.7. The van der Waals surface area contributed by atoms with Crippen LogP contribution in [-0.2, 0) is 9.53 Å². The number of fused-ring (bicyclic) bond motifs is 1. The molecule has 0 spiro atoms. The number of hydrogen-bond acceptors (Lipinski definition) is 5.